The van der Waals surface area contributed by atoms with E-state index in [0.717, 1.165) is 65.0 Å². The second-order valence-corrected chi connectivity index (χ2v) is 7.83. The average Bonchev–Trinajstić information content (AvgIpc) is 2.46. The Labute approximate surface area is 140 Å². The number of carbonyl (C=O) groups excluding carboxylic acids is 1. The summed E-state index contributed by atoms with van der Waals surface area (Å²) in [5.74, 6) is 0. The van der Waals surface area contributed by atoms with Crippen LogP contribution >= 0.6 is 0 Å². The van der Waals surface area contributed by atoms with E-state index in [-0.39, 0.29) is 18.2 Å². The molecule has 23 heavy (non-hydrogen) atoms. The highest BCUT2D eigenvalue weighted by molar-refractivity contribution is 5.68. The second-order valence-electron chi connectivity index (χ2n) is 7.83. The molecule has 0 bridgehead atoms. The van der Waals surface area contributed by atoms with E-state index in [0.29, 0.717) is 0 Å². The monoisotopic (exact) mass is 327 g/mol. The maximum Gasteiger partial charge on any atom is 0.407 e. The number of amides is 1. The van der Waals surface area contributed by atoms with Crippen molar-refractivity contribution in [3.8, 4) is 0 Å². The summed E-state index contributed by atoms with van der Waals surface area (Å²) in [6.45, 7) is 11.9. The zero-order valence-electron chi connectivity index (χ0n) is 14.9. The Hall–Kier alpha value is -0.850. The normalized spacial score (nSPS) is 23.0. The first kappa shape index (κ1) is 18.5. The molecule has 2 fully saturated rings. The fraction of sp³-hybridized carbons (Fsp3) is 0.941. The van der Waals surface area contributed by atoms with Crippen molar-refractivity contribution in [1.29, 1.82) is 0 Å². The molecule has 0 atom stereocenters. The van der Waals surface area contributed by atoms with Gasteiger partial charge < -0.3 is 25.0 Å². The number of nitrogens with one attached hydrogen (secondary N) is 1. The first-order valence-corrected chi connectivity index (χ1v) is 8.94. The molecule has 2 aliphatic rings. The highest BCUT2D eigenvalue weighted by atomic mass is 16.6. The van der Waals surface area contributed by atoms with Crippen LogP contribution in [0.4, 0.5) is 4.79 Å². The minimum absolute atomic E-state index is 0.0964. The number of rotatable bonds is 4. The molecule has 0 spiro atoms. The molecule has 0 saturated carbocycles. The van der Waals surface area contributed by atoms with Crippen molar-refractivity contribution in [1.82, 2.24) is 15.1 Å². The number of likely N-dealkylation sites (tertiary alicyclic amines) is 2. The molecule has 6 nitrogen and oxygen atoms in total. The summed E-state index contributed by atoms with van der Waals surface area (Å²) in [5, 5.41) is 12.5. The van der Waals surface area contributed by atoms with Crippen LogP contribution in [0.5, 0.6) is 0 Å². The molecule has 2 N–H and O–H groups in total. The third kappa shape index (κ3) is 7.06. The maximum atomic E-state index is 11.8. The molecule has 0 aromatic heterocycles. The summed E-state index contributed by atoms with van der Waals surface area (Å²) >= 11 is 0. The molecule has 0 unspecified atom stereocenters. The first-order valence-electron chi connectivity index (χ1n) is 8.94. The minimum Gasteiger partial charge on any atom is -0.444 e. The third-order valence-corrected chi connectivity index (χ3v) is 4.60. The van der Waals surface area contributed by atoms with Gasteiger partial charge in [0.1, 0.15) is 5.60 Å². The molecule has 0 aromatic carbocycles. The first-order chi connectivity index (χ1) is 10.8. The lowest BCUT2D eigenvalue weighted by Gasteiger charge is -2.35. The largest absolute Gasteiger partial charge is 0.444 e. The number of hydrogen-bond donors (Lipinski definition) is 2. The molecule has 0 aliphatic carbocycles. The highest BCUT2D eigenvalue weighted by Gasteiger charge is 2.24. The van der Waals surface area contributed by atoms with Crippen molar-refractivity contribution in [3.63, 3.8) is 0 Å². The number of nitrogens with zero attached hydrogens (tertiary/aromatic N) is 2. The lowest BCUT2D eigenvalue weighted by Crippen LogP contribution is -2.48. The van der Waals surface area contributed by atoms with E-state index in [1.807, 2.05) is 20.8 Å². The van der Waals surface area contributed by atoms with Crippen molar-refractivity contribution in [2.75, 3.05) is 39.3 Å². The maximum absolute atomic E-state index is 11.8. The van der Waals surface area contributed by atoms with E-state index >= 15 is 0 Å². The fourth-order valence-corrected chi connectivity index (χ4v) is 3.20. The van der Waals surface area contributed by atoms with E-state index in [9.17, 15) is 9.90 Å². The number of hydrogen-bond acceptors (Lipinski definition) is 5. The van der Waals surface area contributed by atoms with Crippen LogP contribution in [0.15, 0.2) is 0 Å². The molecule has 0 radical (unpaired) electrons. The molecule has 6 heteroatoms. The molecule has 0 aromatic rings. The molecule has 2 rings (SSSR count). The molecule has 1 amide bonds. The molecule has 2 saturated heterocycles. The summed E-state index contributed by atoms with van der Waals surface area (Å²) in [7, 11) is 0. The topological polar surface area (TPSA) is 65.0 Å². The van der Waals surface area contributed by atoms with E-state index in [2.05, 4.69) is 15.1 Å². The summed E-state index contributed by atoms with van der Waals surface area (Å²) in [4.78, 5) is 16.7. The number of aliphatic hydroxyl groups excluding tert-OH is 1. The summed E-state index contributed by atoms with van der Waals surface area (Å²) in [5.41, 5.74) is -0.438. The Balaban J connectivity index is 1.59. The Morgan fingerprint density at radius 2 is 1.52 bits per heavy atom. The summed E-state index contributed by atoms with van der Waals surface area (Å²) in [6, 6.07) is 0.228. The quantitative estimate of drug-likeness (QED) is 0.818. The van der Waals surface area contributed by atoms with Gasteiger partial charge in [-0.1, -0.05) is 0 Å². The average molecular weight is 327 g/mol. The summed E-state index contributed by atoms with van der Waals surface area (Å²) < 4.78 is 5.31. The van der Waals surface area contributed by atoms with Crippen LogP contribution in [0.2, 0.25) is 0 Å². The van der Waals surface area contributed by atoms with Gasteiger partial charge in [0.15, 0.2) is 0 Å². The number of carbonyl (C=O) groups is 1. The van der Waals surface area contributed by atoms with Crippen molar-refractivity contribution < 1.29 is 14.6 Å². The van der Waals surface area contributed by atoms with Crippen molar-refractivity contribution in [3.05, 3.63) is 0 Å². The van der Waals surface area contributed by atoms with Gasteiger partial charge in [-0.05, 0) is 46.5 Å². The Kier molecular flexibility index (Phi) is 6.68. The van der Waals surface area contributed by atoms with Gasteiger partial charge >= 0.3 is 6.09 Å². The number of ether oxygens (including phenoxy) is 1. The lowest BCUT2D eigenvalue weighted by molar-refractivity contribution is 0.0469. The van der Waals surface area contributed by atoms with Crippen LogP contribution in [0, 0.1) is 0 Å². The van der Waals surface area contributed by atoms with Gasteiger partial charge in [-0.2, -0.15) is 0 Å². The van der Waals surface area contributed by atoms with E-state index in [1.54, 1.807) is 0 Å². The number of alkyl carbamates (subject to hydrolysis) is 1. The van der Waals surface area contributed by atoms with Crippen LogP contribution < -0.4 is 5.32 Å². The van der Waals surface area contributed by atoms with E-state index < -0.39 is 5.60 Å². The Morgan fingerprint density at radius 3 is 2.00 bits per heavy atom. The predicted octanol–water partition coefficient (Wildman–Crippen LogP) is 1.43. The lowest BCUT2D eigenvalue weighted by atomic mass is 10.0. The van der Waals surface area contributed by atoms with Gasteiger partial charge in [0, 0.05) is 45.3 Å². The zero-order chi connectivity index (χ0) is 16.9. The highest BCUT2D eigenvalue weighted by Crippen LogP contribution is 2.14. The van der Waals surface area contributed by atoms with Gasteiger partial charge in [0.2, 0.25) is 0 Å². The molecule has 2 heterocycles. The van der Waals surface area contributed by atoms with Crippen molar-refractivity contribution in [2.24, 2.45) is 0 Å². The minimum atomic E-state index is -0.438. The number of piperidine rings is 2. The molecule has 2 aliphatic heterocycles. The van der Waals surface area contributed by atoms with Gasteiger partial charge in [-0.15, -0.1) is 0 Å². The van der Waals surface area contributed by atoms with Crippen molar-refractivity contribution >= 4 is 6.09 Å². The third-order valence-electron chi connectivity index (χ3n) is 4.60. The van der Waals surface area contributed by atoms with Crippen LogP contribution in [-0.4, -0.2) is 78.0 Å². The summed E-state index contributed by atoms with van der Waals surface area (Å²) in [6.07, 6.45) is 3.38. The molecular weight excluding hydrogens is 294 g/mol. The van der Waals surface area contributed by atoms with Crippen LogP contribution in [-0.2, 0) is 4.74 Å². The zero-order valence-corrected chi connectivity index (χ0v) is 14.9. The standard InChI is InChI=1S/C17H33N3O3/c1-17(2,3)23-16(22)18-14-4-8-19(9-5-14)12-13-20-10-6-15(21)7-11-20/h14-15,21H,4-13H2,1-3H3,(H,18,22). The fourth-order valence-electron chi connectivity index (χ4n) is 3.20. The smallest absolute Gasteiger partial charge is 0.407 e. The molecular formula is C17H33N3O3. The Bertz CT molecular complexity index is 368. The Morgan fingerprint density at radius 1 is 1.04 bits per heavy atom. The van der Waals surface area contributed by atoms with Gasteiger partial charge in [-0.3, -0.25) is 0 Å². The van der Waals surface area contributed by atoms with Crippen LogP contribution in [0.25, 0.3) is 0 Å². The van der Waals surface area contributed by atoms with E-state index in [1.165, 1.54) is 0 Å². The predicted molar refractivity (Wildman–Crippen MR) is 90.5 cm³/mol. The van der Waals surface area contributed by atoms with Crippen LogP contribution in [0.3, 0.4) is 0 Å². The number of aliphatic hydroxyl groups is 1. The van der Waals surface area contributed by atoms with E-state index in [4.69, 9.17) is 4.74 Å². The van der Waals surface area contributed by atoms with Crippen molar-refractivity contribution in [2.45, 2.75) is 64.2 Å². The van der Waals surface area contributed by atoms with Crippen LogP contribution in [0.1, 0.15) is 46.5 Å². The van der Waals surface area contributed by atoms with Gasteiger partial charge in [0.25, 0.3) is 0 Å². The SMILES string of the molecule is CC(C)(C)OC(=O)NC1CCN(CCN2CCC(O)CC2)CC1. The van der Waals surface area contributed by atoms with Gasteiger partial charge in [-0.25, -0.2) is 4.79 Å². The molecule has 134 valence electrons. The van der Waals surface area contributed by atoms with Gasteiger partial charge in [0.05, 0.1) is 6.10 Å². The second kappa shape index (κ2) is 8.31.